The van der Waals surface area contributed by atoms with Gasteiger partial charge in [-0.1, -0.05) is 26.2 Å². The lowest BCUT2D eigenvalue weighted by molar-refractivity contribution is -0.107. The number of hydrogen-bond donors (Lipinski definition) is 2. The minimum absolute atomic E-state index is 0.00578. The van der Waals surface area contributed by atoms with Crippen molar-refractivity contribution in [3.63, 3.8) is 0 Å². The van der Waals surface area contributed by atoms with Crippen LogP contribution in [0.1, 0.15) is 58.3 Å². The average Bonchev–Trinajstić information content (AvgIpc) is 2.47. The van der Waals surface area contributed by atoms with Gasteiger partial charge in [-0.15, -0.1) is 0 Å². The maximum absolute atomic E-state index is 12.2. The Morgan fingerprint density at radius 2 is 2.14 bits per heavy atom. The summed E-state index contributed by atoms with van der Waals surface area (Å²) in [4.78, 5) is 12.2. The molecule has 1 saturated heterocycles. The van der Waals surface area contributed by atoms with E-state index < -0.39 is 0 Å². The second kappa shape index (κ2) is 8.28. The Hall–Kier alpha value is -0.420. The number of rotatable bonds is 5. The zero-order chi connectivity index (χ0) is 15.1. The molecule has 122 valence electrons. The first-order valence-electron chi connectivity index (χ1n) is 8.37. The molecule has 2 rings (SSSR count). The molecular weight excluding hydrogens is 284 g/mol. The third-order valence-electron chi connectivity index (χ3n) is 4.79. The van der Waals surface area contributed by atoms with Crippen LogP contribution in [0, 0.1) is 0 Å². The van der Waals surface area contributed by atoms with Gasteiger partial charge >= 0.3 is 6.03 Å². The van der Waals surface area contributed by atoms with Crippen LogP contribution in [0.5, 0.6) is 0 Å². The molecule has 0 aromatic heterocycles. The summed E-state index contributed by atoms with van der Waals surface area (Å²) in [5, 5.41) is 6.27. The fourth-order valence-electron chi connectivity index (χ4n) is 3.57. The summed E-state index contributed by atoms with van der Waals surface area (Å²) in [6, 6.07) is 0.529. The summed E-state index contributed by atoms with van der Waals surface area (Å²) in [6.45, 7) is 2.90. The van der Waals surface area contributed by atoms with E-state index in [2.05, 4.69) is 23.8 Å². The van der Waals surface area contributed by atoms with Crippen LogP contribution in [-0.4, -0.2) is 42.3 Å². The normalized spacial score (nSPS) is 26.3. The highest BCUT2D eigenvalue weighted by Crippen LogP contribution is 2.38. The molecule has 2 aliphatic rings. The van der Waals surface area contributed by atoms with E-state index in [1.54, 1.807) is 11.8 Å². The molecule has 0 aromatic carbocycles. The molecule has 1 saturated carbocycles. The summed E-state index contributed by atoms with van der Waals surface area (Å²) in [5.41, 5.74) is 0.0534. The number of carbonyl (C=O) groups excluding carboxylic acids is 1. The van der Waals surface area contributed by atoms with E-state index in [1.807, 2.05) is 0 Å². The van der Waals surface area contributed by atoms with Crippen molar-refractivity contribution in [2.45, 2.75) is 76.0 Å². The van der Waals surface area contributed by atoms with E-state index in [0.29, 0.717) is 0 Å². The van der Waals surface area contributed by atoms with Crippen LogP contribution in [0.15, 0.2) is 0 Å². The van der Waals surface area contributed by atoms with Gasteiger partial charge in [-0.05, 0) is 38.4 Å². The summed E-state index contributed by atoms with van der Waals surface area (Å²) < 4.78 is 6.08. The van der Waals surface area contributed by atoms with Crippen molar-refractivity contribution in [2.75, 3.05) is 18.6 Å². The van der Waals surface area contributed by atoms with Crippen LogP contribution in [-0.2, 0) is 4.74 Å². The molecule has 1 aliphatic carbocycles. The van der Waals surface area contributed by atoms with Crippen molar-refractivity contribution in [3.05, 3.63) is 0 Å². The van der Waals surface area contributed by atoms with Gasteiger partial charge in [-0.25, -0.2) is 4.79 Å². The molecule has 2 unspecified atom stereocenters. The van der Waals surface area contributed by atoms with Crippen LogP contribution < -0.4 is 10.6 Å². The largest absolute Gasteiger partial charge is 0.375 e. The lowest BCUT2D eigenvalue weighted by Crippen LogP contribution is -2.53. The van der Waals surface area contributed by atoms with Crippen molar-refractivity contribution in [1.29, 1.82) is 0 Å². The van der Waals surface area contributed by atoms with Crippen LogP contribution >= 0.6 is 11.8 Å². The smallest absolute Gasteiger partial charge is 0.315 e. The van der Waals surface area contributed by atoms with E-state index in [0.717, 1.165) is 44.5 Å². The lowest BCUT2D eigenvalue weighted by Gasteiger charge is -2.43. The van der Waals surface area contributed by atoms with Crippen molar-refractivity contribution in [2.24, 2.45) is 0 Å². The highest BCUT2D eigenvalue weighted by molar-refractivity contribution is 7.98. The Morgan fingerprint density at radius 3 is 2.81 bits per heavy atom. The minimum atomic E-state index is -0.00578. The molecule has 2 N–H and O–H groups in total. The van der Waals surface area contributed by atoms with E-state index in [9.17, 15) is 4.79 Å². The zero-order valence-electron chi connectivity index (χ0n) is 13.5. The number of nitrogens with one attached hydrogen (secondary N) is 2. The molecule has 5 heteroatoms. The number of amides is 2. The fourth-order valence-corrected chi connectivity index (χ4v) is 4.29. The molecule has 21 heavy (non-hydrogen) atoms. The van der Waals surface area contributed by atoms with E-state index in [4.69, 9.17) is 4.74 Å². The third-order valence-corrected chi connectivity index (χ3v) is 5.52. The molecule has 4 nitrogen and oxygen atoms in total. The van der Waals surface area contributed by atoms with Crippen molar-refractivity contribution in [3.8, 4) is 0 Å². The zero-order valence-corrected chi connectivity index (χ0v) is 14.3. The number of thioether (sulfide) groups is 1. The summed E-state index contributed by atoms with van der Waals surface area (Å²) in [5.74, 6) is 0.974. The van der Waals surface area contributed by atoms with Crippen molar-refractivity contribution < 1.29 is 9.53 Å². The first-order chi connectivity index (χ1) is 10.2. The van der Waals surface area contributed by atoms with Crippen LogP contribution in [0.4, 0.5) is 4.79 Å². The lowest BCUT2D eigenvalue weighted by atomic mass is 9.78. The summed E-state index contributed by atoms with van der Waals surface area (Å²) >= 11 is 1.78. The second-order valence-corrected chi connectivity index (χ2v) is 7.37. The Balaban J connectivity index is 1.80. The van der Waals surface area contributed by atoms with Crippen molar-refractivity contribution in [1.82, 2.24) is 10.6 Å². The van der Waals surface area contributed by atoms with Crippen LogP contribution in [0.3, 0.4) is 0 Å². The van der Waals surface area contributed by atoms with E-state index >= 15 is 0 Å². The maximum atomic E-state index is 12.2. The SMILES string of the molecule is CCC(CSC)NC(=O)NC1CCOC2(CCCCC2)C1. The molecule has 1 spiro atoms. The van der Waals surface area contributed by atoms with Gasteiger partial charge in [0, 0.05) is 24.4 Å². The highest BCUT2D eigenvalue weighted by atomic mass is 32.2. The number of ether oxygens (including phenoxy) is 1. The molecule has 2 amide bonds. The first kappa shape index (κ1) is 16.9. The molecule has 2 atom stereocenters. The molecule has 0 bridgehead atoms. The average molecular weight is 314 g/mol. The molecule has 2 fully saturated rings. The van der Waals surface area contributed by atoms with Gasteiger partial charge in [0.1, 0.15) is 0 Å². The van der Waals surface area contributed by atoms with Crippen LogP contribution in [0.25, 0.3) is 0 Å². The predicted octanol–water partition coefficient (Wildman–Crippen LogP) is 3.31. The van der Waals surface area contributed by atoms with Gasteiger partial charge in [-0.2, -0.15) is 11.8 Å². The van der Waals surface area contributed by atoms with Crippen molar-refractivity contribution >= 4 is 17.8 Å². The Morgan fingerprint density at radius 1 is 1.38 bits per heavy atom. The Kier molecular flexibility index (Phi) is 6.68. The van der Waals surface area contributed by atoms with E-state index in [1.165, 1.54) is 19.3 Å². The minimum Gasteiger partial charge on any atom is -0.375 e. The highest BCUT2D eigenvalue weighted by Gasteiger charge is 2.38. The Bertz CT molecular complexity index is 327. The third kappa shape index (κ3) is 5.06. The monoisotopic (exact) mass is 314 g/mol. The summed E-state index contributed by atoms with van der Waals surface area (Å²) in [7, 11) is 0. The number of urea groups is 1. The quantitative estimate of drug-likeness (QED) is 0.818. The molecular formula is C16H30N2O2S. The summed E-state index contributed by atoms with van der Waals surface area (Å²) in [6.07, 6.45) is 11.2. The second-order valence-electron chi connectivity index (χ2n) is 6.46. The first-order valence-corrected chi connectivity index (χ1v) is 9.77. The fraction of sp³-hybridized carbons (Fsp3) is 0.938. The number of carbonyl (C=O) groups is 1. The molecule has 1 heterocycles. The van der Waals surface area contributed by atoms with E-state index in [-0.39, 0.29) is 23.7 Å². The van der Waals surface area contributed by atoms with Gasteiger partial charge < -0.3 is 15.4 Å². The predicted molar refractivity (Wildman–Crippen MR) is 88.9 cm³/mol. The topological polar surface area (TPSA) is 50.4 Å². The Labute approximate surface area is 133 Å². The van der Waals surface area contributed by atoms with Gasteiger partial charge in [0.15, 0.2) is 0 Å². The molecule has 0 radical (unpaired) electrons. The molecule has 1 aliphatic heterocycles. The standard InChI is InChI=1S/C16H30N2O2S/c1-3-13(12-21-2)17-15(19)18-14-7-10-20-16(11-14)8-5-4-6-9-16/h13-14H,3-12H2,1-2H3,(H2,17,18,19). The van der Waals surface area contributed by atoms with Gasteiger partial charge in [0.2, 0.25) is 0 Å². The molecule has 0 aromatic rings. The van der Waals surface area contributed by atoms with Gasteiger partial charge in [-0.3, -0.25) is 0 Å². The van der Waals surface area contributed by atoms with Gasteiger partial charge in [0.05, 0.1) is 5.60 Å². The van der Waals surface area contributed by atoms with Crippen LogP contribution in [0.2, 0.25) is 0 Å². The van der Waals surface area contributed by atoms with Gasteiger partial charge in [0.25, 0.3) is 0 Å². The number of hydrogen-bond acceptors (Lipinski definition) is 3. The maximum Gasteiger partial charge on any atom is 0.315 e.